The predicted octanol–water partition coefficient (Wildman–Crippen LogP) is 5.66. The molecule has 0 aliphatic heterocycles. The van der Waals surface area contributed by atoms with Gasteiger partial charge in [-0.15, -0.1) is 0 Å². The summed E-state index contributed by atoms with van der Waals surface area (Å²) in [5.74, 6) is 1.84. The van der Waals surface area contributed by atoms with E-state index in [9.17, 15) is 4.79 Å². The third-order valence-electron chi connectivity index (χ3n) is 4.68. The Bertz CT molecular complexity index is 1510. The van der Waals surface area contributed by atoms with Crippen LogP contribution in [0.5, 0.6) is 5.75 Å². The molecule has 0 amide bonds. The standard InChI is InChI=1S/C22H13BrIN3O4/c1-29-17-7-4-8-18-14(17)10-19(31-18)21-26-16-6-3-2-5-13(16)22(28)27(21)25-11-12-9-15(23)20(24)30-12/h2-11H,1H3. The van der Waals surface area contributed by atoms with Crippen molar-refractivity contribution in [3.63, 3.8) is 0 Å². The molecule has 9 heteroatoms. The van der Waals surface area contributed by atoms with E-state index in [1.807, 2.05) is 24.3 Å². The molecule has 154 valence electrons. The molecule has 0 N–H and O–H groups in total. The van der Waals surface area contributed by atoms with Gasteiger partial charge in [-0.1, -0.05) is 18.2 Å². The second-order valence-electron chi connectivity index (χ2n) is 6.57. The number of benzene rings is 2. The lowest BCUT2D eigenvalue weighted by Crippen LogP contribution is -2.20. The van der Waals surface area contributed by atoms with E-state index in [0.717, 1.165) is 9.86 Å². The van der Waals surface area contributed by atoms with Gasteiger partial charge < -0.3 is 13.6 Å². The molecule has 0 atom stereocenters. The first-order valence-electron chi connectivity index (χ1n) is 9.13. The molecule has 3 aromatic heterocycles. The first-order chi connectivity index (χ1) is 15.0. The van der Waals surface area contributed by atoms with Crippen LogP contribution in [0.4, 0.5) is 0 Å². The Kier molecular flexibility index (Phi) is 5.14. The van der Waals surface area contributed by atoms with E-state index in [1.54, 1.807) is 37.4 Å². The first-order valence-corrected chi connectivity index (χ1v) is 11.0. The normalized spacial score (nSPS) is 11.7. The van der Waals surface area contributed by atoms with Gasteiger partial charge in [-0.3, -0.25) is 4.79 Å². The smallest absolute Gasteiger partial charge is 0.282 e. The van der Waals surface area contributed by atoms with Crippen molar-refractivity contribution in [2.24, 2.45) is 5.10 Å². The predicted molar refractivity (Wildman–Crippen MR) is 130 cm³/mol. The molecule has 0 unspecified atom stereocenters. The molecule has 2 aromatic carbocycles. The van der Waals surface area contributed by atoms with E-state index in [0.29, 0.717) is 37.5 Å². The van der Waals surface area contributed by atoms with Crippen LogP contribution in [0.15, 0.2) is 77.8 Å². The zero-order valence-electron chi connectivity index (χ0n) is 16.0. The number of nitrogens with zero attached hydrogens (tertiary/aromatic N) is 3. The molecule has 0 saturated carbocycles. The van der Waals surface area contributed by atoms with E-state index >= 15 is 0 Å². The van der Waals surface area contributed by atoms with E-state index in [1.165, 1.54) is 10.9 Å². The molecule has 7 nitrogen and oxygen atoms in total. The summed E-state index contributed by atoms with van der Waals surface area (Å²) in [7, 11) is 1.60. The highest BCUT2D eigenvalue weighted by molar-refractivity contribution is 14.1. The minimum Gasteiger partial charge on any atom is -0.496 e. The summed E-state index contributed by atoms with van der Waals surface area (Å²) >= 11 is 5.47. The summed E-state index contributed by atoms with van der Waals surface area (Å²) in [5, 5.41) is 5.61. The van der Waals surface area contributed by atoms with Crippen LogP contribution in [-0.2, 0) is 0 Å². The molecule has 0 aliphatic rings. The van der Waals surface area contributed by atoms with Crippen LogP contribution >= 0.6 is 38.5 Å². The summed E-state index contributed by atoms with van der Waals surface area (Å²) in [5.41, 5.74) is 0.859. The Morgan fingerprint density at radius 1 is 1.13 bits per heavy atom. The van der Waals surface area contributed by atoms with Gasteiger partial charge in [-0.05, 0) is 46.3 Å². The number of methoxy groups -OCH3 is 1. The number of furan rings is 2. The van der Waals surface area contributed by atoms with E-state index in [4.69, 9.17) is 13.6 Å². The van der Waals surface area contributed by atoms with Crippen molar-refractivity contribution in [1.82, 2.24) is 9.66 Å². The van der Waals surface area contributed by atoms with Crippen molar-refractivity contribution in [2.75, 3.05) is 7.11 Å². The number of hydrogen-bond acceptors (Lipinski definition) is 6. The molecular weight excluding hydrogens is 577 g/mol. The topological polar surface area (TPSA) is 82.8 Å². The number of halogens is 2. The van der Waals surface area contributed by atoms with Crippen molar-refractivity contribution in [3.05, 3.63) is 79.0 Å². The molecule has 3 heterocycles. The highest BCUT2D eigenvalue weighted by atomic mass is 127. The maximum atomic E-state index is 13.3. The number of fused-ring (bicyclic) bond motifs is 2. The zero-order valence-corrected chi connectivity index (χ0v) is 19.7. The fourth-order valence-electron chi connectivity index (χ4n) is 3.25. The minimum absolute atomic E-state index is 0.276. The van der Waals surface area contributed by atoms with E-state index in [2.05, 4.69) is 48.6 Å². The van der Waals surface area contributed by atoms with Gasteiger partial charge in [0.2, 0.25) is 5.82 Å². The van der Waals surface area contributed by atoms with Crippen molar-refractivity contribution >= 4 is 66.6 Å². The summed E-state index contributed by atoms with van der Waals surface area (Å²) in [6.07, 6.45) is 1.47. The molecule has 0 fully saturated rings. The molecule has 0 bridgehead atoms. The lowest BCUT2D eigenvalue weighted by Gasteiger charge is -2.06. The van der Waals surface area contributed by atoms with Crippen LogP contribution in [0.2, 0.25) is 0 Å². The summed E-state index contributed by atoms with van der Waals surface area (Å²) in [4.78, 5) is 17.9. The Labute approximate surface area is 197 Å². The van der Waals surface area contributed by atoms with Crippen LogP contribution in [0.1, 0.15) is 5.76 Å². The Morgan fingerprint density at radius 2 is 1.97 bits per heavy atom. The number of para-hydroxylation sites is 1. The monoisotopic (exact) mass is 589 g/mol. The number of hydrogen-bond donors (Lipinski definition) is 0. The Morgan fingerprint density at radius 3 is 2.74 bits per heavy atom. The SMILES string of the molecule is COc1cccc2oc(-c3nc4ccccc4c(=O)n3N=Cc3cc(Br)c(I)o3)cc12. The van der Waals surface area contributed by atoms with Gasteiger partial charge in [0.1, 0.15) is 17.1 Å². The molecule has 0 saturated heterocycles. The van der Waals surface area contributed by atoms with Gasteiger partial charge in [-0.25, -0.2) is 4.98 Å². The average molecular weight is 590 g/mol. The lowest BCUT2D eigenvalue weighted by atomic mass is 10.2. The van der Waals surface area contributed by atoms with Crippen LogP contribution in [0.3, 0.4) is 0 Å². The molecule has 5 rings (SSSR count). The van der Waals surface area contributed by atoms with Crippen LogP contribution in [0.25, 0.3) is 33.5 Å². The largest absolute Gasteiger partial charge is 0.496 e. The second kappa shape index (κ2) is 7.97. The zero-order chi connectivity index (χ0) is 21.5. The fraction of sp³-hybridized carbons (Fsp3) is 0.0455. The van der Waals surface area contributed by atoms with Crippen LogP contribution < -0.4 is 10.3 Å². The van der Waals surface area contributed by atoms with Gasteiger partial charge in [0.15, 0.2) is 9.53 Å². The third-order valence-corrected chi connectivity index (χ3v) is 6.81. The van der Waals surface area contributed by atoms with Crippen molar-refractivity contribution < 1.29 is 13.6 Å². The second-order valence-corrected chi connectivity index (χ2v) is 8.40. The number of ether oxygens (including phenoxy) is 1. The van der Waals surface area contributed by atoms with Gasteiger partial charge in [0, 0.05) is 28.7 Å². The van der Waals surface area contributed by atoms with Gasteiger partial charge in [0.25, 0.3) is 5.56 Å². The van der Waals surface area contributed by atoms with Gasteiger partial charge in [0.05, 0.1) is 34.1 Å². The fourth-order valence-corrected chi connectivity index (χ4v) is 3.97. The van der Waals surface area contributed by atoms with Crippen molar-refractivity contribution in [2.45, 2.75) is 0 Å². The third kappa shape index (κ3) is 3.57. The van der Waals surface area contributed by atoms with Crippen molar-refractivity contribution in [1.29, 1.82) is 0 Å². The van der Waals surface area contributed by atoms with E-state index in [-0.39, 0.29) is 11.4 Å². The highest BCUT2D eigenvalue weighted by Crippen LogP contribution is 2.33. The summed E-state index contributed by atoms with van der Waals surface area (Å²) < 4.78 is 19.7. The highest BCUT2D eigenvalue weighted by Gasteiger charge is 2.18. The number of aromatic nitrogens is 2. The van der Waals surface area contributed by atoms with Crippen molar-refractivity contribution in [3.8, 4) is 17.3 Å². The maximum absolute atomic E-state index is 13.3. The Hall–Kier alpha value is -2.92. The summed E-state index contributed by atoms with van der Waals surface area (Å²) in [6, 6.07) is 16.2. The Balaban J connectivity index is 1.75. The molecule has 0 aliphatic carbocycles. The lowest BCUT2D eigenvalue weighted by molar-refractivity contribution is 0.419. The quantitative estimate of drug-likeness (QED) is 0.199. The molecule has 0 spiro atoms. The van der Waals surface area contributed by atoms with Gasteiger partial charge >= 0.3 is 0 Å². The van der Waals surface area contributed by atoms with Crippen LogP contribution in [0, 0.1) is 3.77 Å². The first kappa shape index (κ1) is 20.0. The van der Waals surface area contributed by atoms with Gasteiger partial charge in [-0.2, -0.15) is 9.78 Å². The molecule has 5 aromatic rings. The molecule has 31 heavy (non-hydrogen) atoms. The average Bonchev–Trinajstić information content (AvgIpc) is 3.35. The molecular formula is C22H13BrIN3O4. The van der Waals surface area contributed by atoms with Crippen LogP contribution in [-0.4, -0.2) is 23.0 Å². The van der Waals surface area contributed by atoms with E-state index < -0.39 is 0 Å². The number of rotatable bonds is 4. The maximum Gasteiger partial charge on any atom is 0.282 e. The molecule has 0 radical (unpaired) electrons. The summed E-state index contributed by atoms with van der Waals surface area (Å²) in [6.45, 7) is 0. The minimum atomic E-state index is -0.315.